The van der Waals surface area contributed by atoms with E-state index in [0.717, 1.165) is 5.56 Å². The van der Waals surface area contributed by atoms with Gasteiger partial charge < -0.3 is 20.5 Å². The molecule has 0 spiro atoms. The number of para-hydroxylation sites is 1. The SMILES string of the molecule is CCOc1cc(/C=C(\C#N)C(=O)Nc2ccccc2C)cc(Br)c1OCC(N)=O. The summed E-state index contributed by atoms with van der Waals surface area (Å²) < 4.78 is 11.4. The monoisotopic (exact) mass is 457 g/mol. The molecule has 8 heteroatoms. The van der Waals surface area contributed by atoms with Gasteiger partial charge in [-0.1, -0.05) is 18.2 Å². The number of benzene rings is 2. The van der Waals surface area contributed by atoms with Crippen LogP contribution in [0.15, 0.2) is 46.4 Å². The van der Waals surface area contributed by atoms with Crippen molar-refractivity contribution in [3.05, 3.63) is 57.6 Å². The minimum Gasteiger partial charge on any atom is -0.490 e. The molecule has 0 bridgehead atoms. The summed E-state index contributed by atoms with van der Waals surface area (Å²) in [7, 11) is 0. The van der Waals surface area contributed by atoms with Crippen LogP contribution in [0.1, 0.15) is 18.1 Å². The van der Waals surface area contributed by atoms with Crippen molar-refractivity contribution in [1.82, 2.24) is 0 Å². The Balaban J connectivity index is 2.34. The lowest BCUT2D eigenvalue weighted by molar-refractivity contribution is -0.120. The van der Waals surface area contributed by atoms with Gasteiger partial charge in [-0.05, 0) is 65.2 Å². The first-order valence-corrected chi connectivity index (χ1v) is 9.51. The molecule has 2 aromatic carbocycles. The number of aryl methyl sites for hydroxylation is 1. The van der Waals surface area contributed by atoms with Crippen LogP contribution in [0.3, 0.4) is 0 Å². The van der Waals surface area contributed by atoms with E-state index in [1.165, 1.54) is 6.08 Å². The molecule has 0 aliphatic rings. The summed E-state index contributed by atoms with van der Waals surface area (Å²) in [5, 5.41) is 12.2. The zero-order valence-electron chi connectivity index (χ0n) is 16.0. The van der Waals surface area contributed by atoms with E-state index in [4.69, 9.17) is 15.2 Å². The number of anilines is 1. The molecule has 0 saturated carbocycles. The van der Waals surface area contributed by atoms with Crippen molar-refractivity contribution in [2.75, 3.05) is 18.5 Å². The molecule has 150 valence electrons. The zero-order valence-corrected chi connectivity index (χ0v) is 17.6. The number of nitrogens with two attached hydrogens (primary N) is 1. The van der Waals surface area contributed by atoms with Gasteiger partial charge in [-0.3, -0.25) is 9.59 Å². The standard InChI is InChI=1S/C21H20BrN3O4/c1-3-28-18-10-14(9-16(22)20(18)29-12-19(24)26)8-15(11-23)21(27)25-17-7-5-4-6-13(17)2/h4-10H,3,12H2,1-2H3,(H2,24,26)(H,25,27)/b15-8+. The molecule has 0 atom stereocenters. The van der Waals surface area contributed by atoms with Crippen molar-refractivity contribution < 1.29 is 19.1 Å². The summed E-state index contributed by atoms with van der Waals surface area (Å²) in [6, 6.07) is 12.5. The number of amides is 2. The number of halogens is 1. The van der Waals surface area contributed by atoms with Crippen molar-refractivity contribution in [3.8, 4) is 17.6 Å². The summed E-state index contributed by atoms with van der Waals surface area (Å²) in [6.45, 7) is 3.70. The molecule has 0 heterocycles. The molecule has 3 N–H and O–H groups in total. The number of nitrogens with one attached hydrogen (secondary N) is 1. The highest BCUT2D eigenvalue weighted by Crippen LogP contribution is 2.37. The van der Waals surface area contributed by atoms with Crippen molar-refractivity contribution in [2.45, 2.75) is 13.8 Å². The highest BCUT2D eigenvalue weighted by molar-refractivity contribution is 9.10. The topological polar surface area (TPSA) is 114 Å². The third-order valence-electron chi connectivity index (χ3n) is 3.76. The normalized spacial score (nSPS) is 10.8. The summed E-state index contributed by atoms with van der Waals surface area (Å²) in [4.78, 5) is 23.5. The van der Waals surface area contributed by atoms with Crippen LogP contribution in [0.5, 0.6) is 11.5 Å². The molecule has 0 unspecified atom stereocenters. The van der Waals surface area contributed by atoms with Gasteiger partial charge in [-0.15, -0.1) is 0 Å². The van der Waals surface area contributed by atoms with Gasteiger partial charge in [-0.25, -0.2) is 0 Å². The summed E-state index contributed by atoms with van der Waals surface area (Å²) in [5.74, 6) is -0.482. The fraction of sp³-hybridized carbons (Fsp3) is 0.190. The summed E-state index contributed by atoms with van der Waals surface area (Å²) in [5.41, 5.74) is 7.11. The maximum Gasteiger partial charge on any atom is 0.266 e. The van der Waals surface area contributed by atoms with Crippen LogP contribution in [0.2, 0.25) is 0 Å². The number of ether oxygens (including phenoxy) is 2. The van der Waals surface area contributed by atoms with E-state index in [9.17, 15) is 14.9 Å². The predicted octanol–water partition coefficient (Wildman–Crippen LogP) is 3.57. The number of primary amides is 1. The average molecular weight is 458 g/mol. The van der Waals surface area contributed by atoms with E-state index in [2.05, 4.69) is 21.2 Å². The Kier molecular flexibility index (Phi) is 7.80. The van der Waals surface area contributed by atoms with Gasteiger partial charge in [0.25, 0.3) is 11.8 Å². The van der Waals surface area contributed by atoms with Crippen molar-refractivity contribution in [3.63, 3.8) is 0 Å². The molecule has 7 nitrogen and oxygen atoms in total. The lowest BCUT2D eigenvalue weighted by atomic mass is 10.1. The number of hydrogen-bond donors (Lipinski definition) is 2. The number of hydrogen-bond acceptors (Lipinski definition) is 5. The highest BCUT2D eigenvalue weighted by Gasteiger charge is 2.15. The van der Waals surface area contributed by atoms with Gasteiger partial charge in [0.05, 0.1) is 11.1 Å². The number of carbonyl (C=O) groups is 2. The summed E-state index contributed by atoms with van der Waals surface area (Å²) in [6.07, 6.45) is 1.44. The Hall–Kier alpha value is -3.31. The molecule has 0 radical (unpaired) electrons. The maximum absolute atomic E-state index is 12.5. The van der Waals surface area contributed by atoms with Crippen LogP contribution in [0, 0.1) is 18.3 Å². The second kappa shape index (κ2) is 10.3. The van der Waals surface area contributed by atoms with Crippen molar-refractivity contribution >= 4 is 39.5 Å². The maximum atomic E-state index is 12.5. The first kappa shape index (κ1) is 22.0. The van der Waals surface area contributed by atoms with E-state index < -0.39 is 11.8 Å². The molecule has 0 aliphatic carbocycles. The molecular weight excluding hydrogens is 438 g/mol. The lowest BCUT2D eigenvalue weighted by Crippen LogP contribution is -2.20. The van der Waals surface area contributed by atoms with E-state index >= 15 is 0 Å². The molecule has 0 fully saturated rings. The zero-order chi connectivity index (χ0) is 21.4. The van der Waals surface area contributed by atoms with Crippen molar-refractivity contribution in [1.29, 1.82) is 5.26 Å². The van der Waals surface area contributed by atoms with E-state index in [-0.39, 0.29) is 12.2 Å². The van der Waals surface area contributed by atoms with Crippen LogP contribution in [0.25, 0.3) is 6.08 Å². The number of nitrogens with zero attached hydrogens (tertiary/aromatic N) is 1. The van der Waals surface area contributed by atoms with Crippen molar-refractivity contribution in [2.24, 2.45) is 5.73 Å². The summed E-state index contributed by atoms with van der Waals surface area (Å²) >= 11 is 3.36. The van der Waals surface area contributed by atoms with E-state index in [1.807, 2.05) is 25.1 Å². The molecule has 2 aromatic rings. The largest absolute Gasteiger partial charge is 0.490 e. The lowest BCUT2D eigenvalue weighted by Gasteiger charge is -2.14. The number of nitriles is 1. The van der Waals surface area contributed by atoms with Gasteiger partial charge in [0, 0.05) is 5.69 Å². The number of rotatable bonds is 8. The second-order valence-electron chi connectivity index (χ2n) is 5.96. The Bertz CT molecular complexity index is 996. The Morgan fingerprint density at radius 2 is 2.00 bits per heavy atom. The smallest absolute Gasteiger partial charge is 0.266 e. The van der Waals surface area contributed by atoms with Crippen LogP contribution >= 0.6 is 15.9 Å². The fourth-order valence-corrected chi connectivity index (χ4v) is 3.01. The molecule has 0 saturated heterocycles. The van der Waals surface area contributed by atoms with Crippen LogP contribution in [-0.2, 0) is 9.59 Å². The van der Waals surface area contributed by atoms with E-state index in [1.54, 1.807) is 31.2 Å². The van der Waals surface area contributed by atoms with E-state index in [0.29, 0.717) is 33.8 Å². The minimum absolute atomic E-state index is 0.0756. The molecular formula is C21H20BrN3O4. The highest BCUT2D eigenvalue weighted by atomic mass is 79.9. The quantitative estimate of drug-likeness (QED) is 0.464. The Labute approximate surface area is 177 Å². The molecule has 2 amide bonds. The van der Waals surface area contributed by atoms with Gasteiger partial charge in [0.2, 0.25) is 0 Å². The third-order valence-corrected chi connectivity index (χ3v) is 4.35. The van der Waals surface area contributed by atoms with Gasteiger partial charge in [0.1, 0.15) is 11.6 Å². The van der Waals surface area contributed by atoms with Gasteiger partial charge in [0.15, 0.2) is 18.1 Å². The molecule has 29 heavy (non-hydrogen) atoms. The van der Waals surface area contributed by atoms with Crippen LogP contribution in [0.4, 0.5) is 5.69 Å². The first-order valence-electron chi connectivity index (χ1n) is 8.72. The molecule has 2 rings (SSSR count). The van der Waals surface area contributed by atoms with Gasteiger partial charge >= 0.3 is 0 Å². The number of carbonyl (C=O) groups excluding carboxylic acids is 2. The van der Waals surface area contributed by atoms with Crippen LogP contribution < -0.4 is 20.5 Å². The third kappa shape index (κ3) is 6.09. The van der Waals surface area contributed by atoms with Crippen LogP contribution in [-0.4, -0.2) is 25.0 Å². The fourth-order valence-electron chi connectivity index (χ4n) is 2.44. The average Bonchev–Trinajstić information content (AvgIpc) is 2.67. The second-order valence-corrected chi connectivity index (χ2v) is 6.81. The minimum atomic E-state index is -0.622. The molecule has 0 aliphatic heterocycles. The Morgan fingerprint density at radius 3 is 2.62 bits per heavy atom. The first-order chi connectivity index (χ1) is 13.8. The Morgan fingerprint density at radius 1 is 1.28 bits per heavy atom. The molecule has 0 aromatic heterocycles. The van der Waals surface area contributed by atoms with Gasteiger partial charge in [-0.2, -0.15) is 5.26 Å². The predicted molar refractivity (Wildman–Crippen MR) is 113 cm³/mol.